The Bertz CT molecular complexity index is 364. The normalized spacial score (nSPS) is 12.6. The summed E-state index contributed by atoms with van der Waals surface area (Å²) in [6, 6.07) is 3.47. The number of aromatic nitrogens is 1. The molecule has 0 aromatic carbocycles. The number of ketones is 1. The zero-order valence-corrected chi connectivity index (χ0v) is 9.93. The van der Waals surface area contributed by atoms with Crippen LogP contribution in [0.25, 0.3) is 0 Å². The molecule has 0 spiro atoms. The van der Waals surface area contributed by atoms with Crippen LogP contribution in [0.1, 0.15) is 24.3 Å². The molecule has 0 fully saturated rings. The van der Waals surface area contributed by atoms with Crippen LogP contribution in [-0.2, 0) is 0 Å². The number of Topliss-reactive ketones (excluding diaryl/α,β-unsaturated/α-hetero) is 1. The van der Waals surface area contributed by atoms with E-state index in [2.05, 4.69) is 4.98 Å². The zero-order chi connectivity index (χ0) is 12.1. The van der Waals surface area contributed by atoms with Gasteiger partial charge in [-0.15, -0.1) is 0 Å². The van der Waals surface area contributed by atoms with E-state index < -0.39 is 0 Å². The molecule has 0 bridgehead atoms. The van der Waals surface area contributed by atoms with E-state index in [0.29, 0.717) is 18.0 Å². The fourth-order valence-electron chi connectivity index (χ4n) is 1.60. The van der Waals surface area contributed by atoms with Crippen molar-refractivity contribution in [3.8, 4) is 5.75 Å². The molecule has 16 heavy (non-hydrogen) atoms. The lowest BCUT2D eigenvalue weighted by Gasteiger charge is -2.17. The van der Waals surface area contributed by atoms with Crippen molar-refractivity contribution in [1.29, 1.82) is 0 Å². The van der Waals surface area contributed by atoms with Crippen LogP contribution in [0.15, 0.2) is 18.3 Å². The molecule has 0 saturated heterocycles. The minimum Gasteiger partial charge on any atom is -0.494 e. The van der Waals surface area contributed by atoms with Gasteiger partial charge >= 0.3 is 0 Å². The third kappa shape index (κ3) is 2.58. The van der Waals surface area contributed by atoms with Crippen molar-refractivity contribution in [3.05, 3.63) is 24.0 Å². The first-order valence-corrected chi connectivity index (χ1v) is 5.35. The van der Waals surface area contributed by atoms with Gasteiger partial charge in [-0.2, -0.15) is 0 Å². The average Bonchev–Trinajstić information content (AvgIpc) is 2.29. The highest BCUT2D eigenvalue weighted by Gasteiger charge is 2.25. The summed E-state index contributed by atoms with van der Waals surface area (Å²) in [4.78, 5) is 16.2. The fraction of sp³-hybridized carbons (Fsp3) is 0.500. The first-order chi connectivity index (χ1) is 7.61. The van der Waals surface area contributed by atoms with Gasteiger partial charge in [0.1, 0.15) is 11.4 Å². The smallest absolute Gasteiger partial charge is 0.189 e. The first kappa shape index (κ1) is 12.6. The third-order valence-corrected chi connectivity index (χ3v) is 2.62. The maximum atomic E-state index is 12.2. The van der Waals surface area contributed by atoms with Gasteiger partial charge < -0.3 is 10.5 Å². The molecule has 1 unspecified atom stereocenters. The molecule has 0 aliphatic carbocycles. The number of rotatable bonds is 5. The van der Waals surface area contributed by atoms with Crippen LogP contribution in [0, 0.1) is 11.8 Å². The van der Waals surface area contributed by atoms with E-state index >= 15 is 0 Å². The molecule has 2 N–H and O–H groups in total. The predicted octanol–water partition coefficient (Wildman–Crippen LogP) is 1.50. The Balaban J connectivity index is 3.03. The molecular formula is C12H18N2O2. The number of carbonyl (C=O) groups excluding carboxylic acids is 1. The molecular weight excluding hydrogens is 204 g/mol. The summed E-state index contributed by atoms with van der Waals surface area (Å²) < 4.78 is 5.12. The van der Waals surface area contributed by atoms with Gasteiger partial charge in [-0.25, -0.2) is 4.98 Å². The van der Waals surface area contributed by atoms with Gasteiger partial charge in [-0.3, -0.25) is 4.79 Å². The quantitative estimate of drug-likeness (QED) is 0.767. The summed E-state index contributed by atoms with van der Waals surface area (Å²) in [6.07, 6.45) is 1.59. The third-order valence-electron chi connectivity index (χ3n) is 2.62. The summed E-state index contributed by atoms with van der Waals surface area (Å²) in [5, 5.41) is 0. The number of hydrogen-bond acceptors (Lipinski definition) is 4. The van der Waals surface area contributed by atoms with Gasteiger partial charge in [0.25, 0.3) is 0 Å². The van der Waals surface area contributed by atoms with Gasteiger partial charge in [-0.05, 0) is 18.1 Å². The maximum Gasteiger partial charge on any atom is 0.189 e. The van der Waals surface area contributed by atoms with Crippen molar-refractivity contribution < 1.29 is 9.53 Å². The number of nitrogens with zero attached hydrogens (tertiary/aromatic N) is 1. The van der Waals surface area contributed by atoms with E-state index in [1.165, 1.54) is 7.11 Å². The zero-order valence-electron chi connectivity index (χ0n) is 9.93. The van der Waals surface area contributed by atoms with Crippen molar-refractivity contribution in [2.75, 3.05) is 13.7 Å². The molecule has 1 aromatic rings. The van der Waals surface area contributed by atoms with E-state index in [4.69, 9.17) is 10.5 Å². The Kier molecular flexibility index (Phi) is 4.43. The number of pyridine rings is 1. The van der Waals surface area contributed by atoms with Crippen molar-refractivity contribution in [3.63, 3.8) is 0 Å². The first-order valence-electron chi connectivity index (χ1n) is 5.35. The Morgan fingerprint density at radius 3 is 2.75 bits per heavy atom. The highest BCUT2D eigenvalue weighted by molar-refractivity contribution is 5.98. The molecule has 1 heterocycles. The molecule has 1 aromatic heterocycles. The van der Waals surface area contributed by atoms with Gasteiger partial charge in [0.15, 0.2) is 5.78 Å². The van der Waals surface area contributed by atoms with E-state index in [-0.39, 0.29) is 17.6 Å². The fourth-order valence-corrected chi connectivity index (χ4v) is 1.60. The van der Waals surface area contributed by atoms with Crippen LogP contribution in [-0.4, -0.2) is 24.4 Å². The average molecular weight is 222 g/mol. The largest absolute Gasteiger partial charge is 0.494 e. The van der Waals surface area contributed by atoms with Gasteiger partial charge in [0, 0.05) is 18.7 Å². The van der Waals surface area contributed by atoms with Crippen molar-refractivity contribution in [2.45, 2.75) is 13.8 Å². The Labute approximate surface area is 95.8 Å². The van der Waals surface area contributed by atoms with E-state index in [9.17, 15) is 4.79 Å². The van der Waals surface area contributed by atoms with Crippen LogP contribution < -0.4 is 10.5 Å². The lowest BCUT2D eigenvalue weighted by atomic mass is 9.89. The van der Waals surface area contributed by atoms with Crippen LogP contribution >= 0.6 is 0 Å². The highest BCUT2D eigenvalue weighted by Crippen LogP contribution is 2.21. The molecule has 0 saturated carbocycles. The number of hydrogen-bond donors (Lipinski definition) is 1. The minimum absolute atomic E-state index is 0.0463. The Morgan fingerprint density at radius 1 is 1.56 bits per heavy atom. The standard InChI is InChI=1S/C12H18N2O2/c1-8(2)9(7-13)12(15)11-10(16-3)5-4-6-14-11/h4-6,8-9H,7,13H2,1-3H3. The summed E-state index contributed by atoms with van der Waals surface area (Å²) in [7, 11) is 1.53. The van der Waals surface area contributed by atoms with Gasteiger partial charge in [-0.1, -0.05) is 13.8 Å². The lowest BCUT2D eigenvalue weighted by molar-refractivity contribution is 0.0883. The monoisotopic (exact) mass is 222 g/mol. The van der Waals surface area contributed by atoms with Crippen molar-refractivity contribution >= 4 is 5.78 Å². The molecule has 4 heteroatoms. The van der Waals surface area contributed by atoms with E-state index in [0.717, 1.165) is 0 Å². The molecule has 0 radical (unpaired) electrons. The molecule has 1 rings (SSSR count). The highest BCUT2D eigenvalue weighted by atomic mass is 16.5. The second-order valence-corrected chi connectivity index (χ2v) is 4.00. The van der Waals surface area contributed by atoms with Gasteiger partial charge in [0.2, 0.25) is 0 Å². The second kappa shape index (κ2) is 5.61. The van der Waals surface area contributed by atoms with E-state index in [1.54, 1.807) is 18.3 Å². The molecule has 0 amide bonds. The summed E-state index contributed by atoms with van der Waals surface area (Å²) in [5.74, 6) is 0.453. The SMILES string of the molecule is COc1cccnc1C(=O)C(CN)C(C)C. The molecule has 0 aliphatic rings. The molecule has 0 aliphatic heterocycles. The Morgan fingerprint density at radius 2 is 2.25 bits per heavy atom. The minimum atomic E-state index is -0.205. The second-order valence-electron chi connectivity index (χ2n) is 4.00. The Hall–Kier alpha value is -1.42. The molecule has 88 valence electrons. The van der Waals surface area contributed by atoms with Crippen molar-refractivity contribution in [1.82, 2.24) is 4.98 Å². The number of ether oxygens (including phenoxy) is 1. The van der Waals surface area contributed by atoms with Crippen LogP contribution in [0.3, 0.4) is 0 Å². The van der Waals surface area contributed by atoms with Crippen LogP contribution in [0.4, 0.5) is 0 Å². The summed E-state index contributed by atoms with van der Waals surface area (Å²) in [5.41, 5.74) is 5.98. The number of nitrogens with two attached hydrogens (primary N) is 1. The number of carbonyl (C=O) groups is 1. The van der Waals surface area contributed by atoms with E-state index in [1.807, 2.05) is 13.8 Å². The maximum absolute atomic E-state index is 12.2. The van der Waals surface area contributed by atoms with Crippen molar-refractivity contribution in [2.24, 2.45) is 17.6 Å². The predicted molar refractivity (Wildman–Crippen MR) is 62.5 cm³/mol. The van der Waals surface area contributed by atoms with Gasteiger partial charge in [0.05, 0.1) is 7.11 Å². The topological polar surface area (TPSA) is 65.2 Å². The molecule has 1 atom stereocenters. The van der Waals surface area contributed by atoms with Crippen LogP contribution in [0.2, 0.25) is 0 Å². The van der Waals surface area contributed by atoms with Crippen LogP contribution in [0.5, 0.6) is 5.75 Å². The number of methoxy groups -OCH3 is 1. The summed E-state index contributed by atoms with van der Waals surface area (Å²) >= 11 is 0. The summed E-state index contributed by atoms with van der Waals surface area (Å²) in [6.45, 7) is 4.28. The molecule has 4 nitrogen and oxygen atoms in total. The lowest BCUT2D eigenvalue weighted by Crippen LogP contribution is -2.29.